The molecule has 1 amide bonds. The molecule has 3 N–H and O–H groups in total. The minimum absolute atomic E-state index is 0.117. The van der Waals surface area contributed by atoms with Gasteiger partial charge in [0.1, 0.15) is 0 Å². The molecule has 1 aromatic rings. The topological polar surface area (TPSA) is 107 Å². The first-order valence-corrected chi connectivity index (χ1v) is 6.15. The van der Waals surface area contributed by atoms with E-state index in [9.17, 15) is 9.59 Å². The molecular formula is C14H17N3O3. The van der Waals surface area contributed by atoms with Crippen LogP contribution in [0.3, 0.4) is 0 Å². The first kappa shape index (κ1) is 15.7. The molecule has 1 rings (SSSR count). The van der Waals surface area contributed by atoms with E-state index in [1.807, 2.05) is 6.07 Å². The molecular weight excluding hydrogens is 258 g/mol. The molecule has 0 saturated heterocycles. The second-order valence-electron chi connectivity index (χ2n) is 4.54. The van der Waals surface area contributed by atoms with Gasteiger partial charge in [-0.15, -0.1) is 0 Å². The number of rotatable bonds is 6. The first-order valence-electron chi connectivity index (χ1n) is 6.15. The van der Waals surface area contributed by atoms with Crippen molar-refractivity contribution >= 4 is 11.9 Å². The molecule has 1 aromatic carbocycles. The summed E-state index contributed by atoms with van der Waals surface area (Å²) >= 11 is 0. The minimum atomic E-state index is -0.969. The Hall–Kier alpha value is -2.39. The summed E-state index contributed by atoms with van der Waals surface area (Å²) in [7, 11) is 1.61. The molecule has 0 radical (unpaired) electrons. The van der Waals surface area contributed by atoms with E-state index in [-0.39, 0.29) is 18.7 Å². The molecule has 1 unspecified atom stereocenters. The van der Waals surface area contributed by atoms with E-state index in [4.69, 9.17) is 16.1 Å². The zero-order chi connectivity index (χ0) is 15.1. The first-order chi connectivity index (χ1) is 9.43. The van der Waals surface area contributed by atoms with E-state index in [1.54, 1.807) is 31.3 Å². The summed E-state index contributed by atoms with van der Waals surface area (Å²) in [6.45, 7) is 0.366. The van der Waals surface area contributed by atoms with Gasteiger partial charge in [-0.2, -0.15) is 5.26 Å². The smallest absolute Gasteiger partial charge is 0.303 e. The number of likely N-dealkylation sites (N-methyl/N-ethyl adjacent to an activating group) is 1. The van der Waals surface area contributed by atoms with E-state index in [1.165, 1.54) is 4.90 Å². The molecule has 0 aliphatic heterocycles. The van der Waals surface area contributed by atoms with Gasteiger partial charge in [0.15, 0.2) is 0 Å². The molecule has 0 aromatic heterocycles. The summed E-state index contributed by atoms with van der Waals surface area (Å²) in [5, 5.41) is 17.3. The zero-order valence-corrected chi connectivity index (χ0v) is 11.2. The van der Waals surface area contributed by atoms with Crippen LogP contribution in [-0.2, 0) is 16.1 Å². The highest BCUT2D eigenvalue weighted by Crippen LogP contribution is 2.08. The van der Waals surface area contributed by atoms with Gasteiger partial charge in [0.2, 0.25) is 5.91 Å². The fourth-order valence-electron chi connectivity index (χ4n) is 1.72. The maximum atomic E-state index is 11.9. The van der Waals surface area contributed by atoms with Crippen molar-refractivity contribution in [3.8, 4) is 6.07 Å². The van der Waals surface area contributed by atoms with Crippen LogP contribution in [0.4, 0.5) is 0 Å². The molecule has 6 nitrogen and oxygen atoms in total. The maximum Gasteiger partial charge on any atom is 0.303 e. The monoisotopic (exact) mass is 275 g/mol. The number of nitrogens with zero attached hydrogens (tertiary/aromatic N) is 2. The van der Waals surface area contributed by atoms with Crippen molar-refractivity contribution in [2.24, 2.45) is 5.73 Å². The molecule has 0 fully saturated rings. The number of carbonyl (C=O) groups is 2. The standard InChI is InChI=1S/C14H17N3O3/c1-17(14(20)12(16)6-7-13(18)19)9-11-4-2-10(8-15)3-5-11/h2-5,12H,6-7,9,16H2,1H3,(H,18,19). The van der Waals surface area contributed by atoms with Crippen LogP contribution in [0, 0.1) is 11.3 Å². The van der Waals surface area contributed by atoms with Crippen LogP contribution in [-0.4, -0.2) is 35.0 Å². The van der Waals surface area contributed by atoms with Crippen molar-refractivity contribution in [1.29, 1.82) is 5.26 Å². The molecule has 6 heteroatoms. The Morgan fingerprint density at radius 3 is 2.50 bits per heavy atom. The predicted molar refractivity (Wildman–Crippen MR) is 72.5 cm³/mol. The summed E-state index contributed by atoms with van der Waals surface area (Å²) < 4.78 is 0. The molecule has 0 saturated carbocycles. The third-order valence-corrected chi connectivity index (χ3v) is 2.87. The molecule has 0 heterocycles. The van der Waals surface area contributed by atoms with Crippen LogP contribution in [0.1, 0.15) is 24.0 Å². The van der Waals surface area contributed by atoms with Gasteiger partial charge in [0, 0.05) is 20.0 Å². The van der Waals surface area contributed by atoms with Crippen LogP contribution in [0.2, 0.25) is 0 Å². The van der Waals surface area contributed by atoms with Crippen LogP contribution < -0.4 is 5.73 Å². The van der Waals surface area contributed by atoms with Crippen molar-refractivity contribution in [1.82, 2.24) is 4.90 Å². The molecule has 1 atom stereocenters. The minimum Gasteiger partial charge on any atom is -0.481 e. The van der Waals surface area contributed by atoms with Gasteiger partial charge in [-0.25, -0.2) is 0 Å². The van der Waals surface area contributed by atoms with Crippen molar-refractivity contribution in [3.63, 3.8) is 0 Å². The SMILES string of the molecule is CN(Cc1ccc(C#N)cc1)C(=O)C(N)CCC(=O)O. The summed E-state index contributed by atoms with van der Waals surface area (Å²) in [5.41, 5.74) is 7.10. The normalized spacial score (nSPS) is 11.4. The zero-order valence-electron chi connectivity index (χ0n) is 11.2. The second-order valence-corrected chi connectivity index (χ2v) is 4.54. The number of carbonyl (C=O) groups excluding carboxylic acids is 1. The Labute approximate surface area is 117 Å². The van der Waals surface area contributed by atoms with Crippen LogP contribution in [0.25, 0.3) is 0 Å². The number of benzene rings is 1. The van der Waals surface area contributed by atoms with E-state index < -0.39 is 12.0 Å². The number of aliphatic carboxylic acids is 1. The van der Waals surface area contributed by atoms with Gasteiger partial charge >= 0.3 is 5.97 Å². The largest absolute Gasteiger partial charge is 0.481 e. The number of hydrogen-bond acceptors (Lipinski definition) is 4. The number of carboxylic acid groups (broad SMARTS) is 1. The Bertz CT molecular complexity index is 519. The van der Waals surface area contributed by atoms with E-state index >= 15 is 0 Å². The number of hydrogen-bond donors (Lipinski definition) is 2. The lowest BCUT2D eigenvalue weighted by Gasteiger charge is -2.21. The lowest BCUT2D eigenvalue weighted by Crippen LogP contribution is -2.41. The van der Waals surface area contributed by atoms with E-state index in [0.717, 1.165) is 5.56 Å². The fourth-order valence-corrected chi connectivity index (χ4v) is 1.72. The van der Waals surface area contributed by atoms with Crippen molar-refractivity contribution in [2.45, 2.75) is 25.4 Å². The average Bonchev–Trinajstić information content (AvgIpc) is 2.44. The third-order valence-electron chi connectivity index (χ3n) is 2.87. The number of carboxylic acids is 1. The quantitative estimate of drug-likeness (QED) is 0.795. The van der Waals surface area contributed by atoms with Gasteiger partial charge in [-0.3, -0.25) is 9.59 Å². The molecule has 20 heavy (non-hydrogen) atoms. The van der Waals surface area contributed by atoms with Crippen molar-refractivity contribution in [2.75, 3.05) is 7.05 Å². The van der Waals surface area contributed by atoms with Crippen LogP contribution in [0.15, 0.2) is 24.3 Å². The predicted octanol–water partition coefficient (Wildman–Crippen LogP) is 0.709. The molecule has 0 aliphatic carbocycles. The highest BCUT2D eigenvalue weighted by Gasteiger charge is 2.18. The third kappa shape index (κ3) is 4.71. The highest BCUT2D eigenvalue weighted by molar-refractivity contribution is 5.82. The van der Waals surface area contributed by atoms with Crippen molar-refractivity contribution < 1.29 is 14.7 Å². The fraction of sp³-hybridized carbons (Fsp3) is 0.357. The Balaban J connectivity index is 2.56. The van der Waals surface area contributed by atoms with E-state index in [0.29, 0.717) is 12.1 Å². The molecule has 0 bridgehead atoms. The number of amides is 1. The highest BCUT2D eigenvalue weighted by atomic mass is 16.4. The average molecular weight is 275 g/mol. The lowest BCUT2D eigenvalue weighted by molar-refractivity contribution is -0.137. The summed E-state index contributed by atoms with van der Waals surface area (Å²) in [5.74, 6) is -1.27. The molecule has 0 spiro atoms. The van der Waals surface area contributed by atoms with Crippen molar-refractivity contribution in [3.05, 3.63) is 35.4 Å². The summed E-state index contributed by atoms with van der Waals surface area (Å²) in [4.78, 5) is 23.8. The summed E-state index contributed by atoms with van der Waals surface area (Å²) in [6, 6.07) is 8.10. The van der Waals surface area contributed by atoms with Gasteiger partial charge in [-0.05, 0) is 24.1 Å². The van der Waals surface area contributed by atoms with Crippen LogP contribution >= 0.6 is 0 Å². The Morgan fingerprint density at radius 1 is 1.40 bits per heavy atom. The second kappa shape index (κ2) is 7.26. The van der Waals surface area contributed by atoms with Gasteiger partial charge in [0.05, 0.1) is 17.7 Å². The Morgan fingerprint density at radius 2 is 2.00 bits per heavy atom. The Kier molecular flexibility index (Phi) is 5.69. The van der Waals surface area contributed by atoms with E-state index in [2.05, 4.69) is 0 Å². The van der Waals surface area contributed by atoms with Crippen LogP contribution in [0.5, 0.6) is 0 Å². The molecule has 0 aliphatic rings. The maximum absolute atomic E-state index is 11.9. The van der Waals surface area contributed by atoms with Gasteiger partial charge in [0.25, 0.3) is 0 Å². The molecule has 106 valence electrons. The van der Waals surface area contributed by atoms with Gasteiger partial charge in [-0.1, -0.05) is 12.1 Å². The summed E-state index contributed by atoms with van der Waals surface area (Å²) in [6.07, 6.45) is -0.0104. The number of nitrogens with two attached hydrogens (primary N) is 1. The van der Waals surface area contributed by atoms with Gasteiger partial charge < -0.3 is 15.7 Å². The number of nitriles is 1. The lowest BCUT2D eigenvalue weighted by atomic mass is 10.1.